The van der Waals surface area contributed by atoms with Gasteiger partial charge in [0.25, 0.3) is 11.8 Å². The van der Waals surface area contributed by atoms with Crippen molar-refractivity contribution in [2.24, 2.45) is 5.73 Å². The quantitative estimate of drug-likeness (QED) is 0.509. The lowest BCUT2D eigenvalue weighted by molar-refractivity contribution is 0.0888. The van der Waals surface area contributed by atoms with E-state index < -0.39 is 17.5 Å². The summed E-state index contributed by atoms with van der Waals surface area (Å²) in [6.07, 6.45) is 1.43. The summed E-state index contributed by atoms with van der Waals surface area (Å²) in [5, 5.41) is 30.1. The zero-order chi connectivity index (χ0) is 23.6. The van der Waals surface area contributed by atoms with Gasteiger partial charge in [-0.3, -0.25) is 9.48 Å². The van der Waals surface area contributed by atoms with Crippen LogP contribution in [0.3, 0.4) is 0 Å². The molecule has 1 aromatic carbocycles. The molecule has 4 rings (SSSR count). The number of benzene rings is 1. The highest BCUT2D eigenvalue weighted by atomic mass is 16.5. The van der Waals surface area contributed by atoms with E-state index in [-0.39, 0.29) is 30.9 Å². The maximum Gasteiger partial charge on any atom is 0.407 e. The molecule has 0 atom stereocenters. The highest BCUT2D eigenvalue weighted by Gasteiger charge is 2.39. The van der Waals surface area contributed by atoms with Gasteiger partial charge in [-0.1, -0.05) is 5.16 Å². The van der Waals surface area contributed by atoms with Crippen molar-refractivity contribution in [3.05, 3.63) is 41.9 Å². The van der Waals surface area contributed by atoms with Crippen LogP contribution in [0.5, 0.6) is 0 Å². The number of primary amides is 1. The summed E-state index contributed by atoms with van der Waals surface area (Å²) >= 11 is 0. The number of carboxylic acid groups (broad SMARTS) is 1. The summed E-state index contributed by atoms with van der Waals surface area (Å²) in [5.74, 6) is 0.510. The van der Waals surface area contributed by atoms with Crippen molar-refractivity contribution >= 4 is 23.5 Å². The number of nitrogens with two attached hydrogens (primary N) is 1. The van der Waals surface area contributed by atoms with E-state index in [4.69, 9.17) is 10.3 Å². The third kappa shape index (κ3) is 4.33. The van der Waals surface area contributed by atoms with Gasteiger partial charge in [0, 0.05) is 30.5 Å². The standard InChI is InChI=1S/C21H22N8O4/c1-13-24-19(33-27-13)14-2-4-15(5-3-14)25-18-16(17(23)30)12-29(26-18)21(6-9-22)7-10-28(11-8-21)20(31)32/h2-5,12H,6-8,10-11H2,1H3,(H2,23,30)(H,25,26)(H,31,32). The molecular formula is C21H22N8O4. The molecule has 0 unspecified atom stereocenters. The Morgan fingerprint density at radius 1 is 1.30 bits per heavy atom. The van der Waals surface area contributed by atoms with Crippen molar-refractivity contribution in [1.29, 1.82) is 5.26 Å². The van der Waals surface area contributed by atoms with Gasteiger partial charge in [0.15, 0.2) is 11.6 Å². The fraction of sp³-hybridized carbons (Fsp3) is 0.333. The summed E-state index contributed by atoms with van der Waals surface area (Å²) < 4.78 is 6.74. The van der Waals surface area contributed by atoms with Gasteiger partial charge in [-0.2, -0.15) is 15.3 Å². The second-order valence-corrected chi connectivity index (χ2v) is 7.88. The van der Waals surface area contributed by atoms with Gasteiger partial charge in [0.1, 0.15) is 5.56 Å². The van der Waals surface area contributed by atoms with E-state index in [1.165, 1.54) is 11.1 Å². The Balaban J connectivity index is 1.60. The highest BCUT2D eigenvalue weighted by Crippen LogP contribution is 2.35. The fourth-order valence-corrected chi connectivity index (χ4v) is 3.88. The van der Waals surface area contributed by atoms with Gasteiger partial charge < -0.3 is 25.6 Å². The summed E-state index contributed by atoms with van der Waals surface area (Å²) in [7, 11) is 0. The van der Waals surface area contributed by atoms with Gasteiger partial charge in [-0.05, 0) is 44.0 Å². The predicted molar refractivity (Wildman–Crippen MR) is 116 cm³/mol. The number of carbonyl (C=O) groups excluding carboxylic acids is 1. The molecule has 0 spiro atoms. The van der Waals surface area contributed by atoms with Crippen LogP contribution in [0.2, 0.25) is 0 Å². The van der Waals surface area contributed by atoms with Crippen LogP contribution in [0.25, 0.3) is 11.5 Å². The molecule has 1 aliphatic heterocycles. The van der Waals surface area contributed by atoms with E-state index >= 15 is 0 Å². The van der Waals surface area contributed by atoms with Crippen LogP contribution >= 0.6 is 0 Å². The fourth-order valence-electron chi connectivity index (χ4n) is 3.88. The van der Waals surface area contributed by atoms with Gasteiger partial charge in [-0.15, -0.1) is 0 Å². The molecule has 0 aliphatic carbocycles. The molecule has 1 saturated heterocycles. The maximum absolute atomic E-state index is 12.1. The number of amides is 2. The van der Waals surface area contributed by atoms with Crippen LogP contribution in [0.4, 0.5) is 16.3 Å². The summed E-state index contributed by atoms with van der Waals surface area (Å²) in [6, 6.07) is 9.29. The summed E-state index contributed by atoms with van der Waals surface area (Å²) in [6.45, 7) is 2.26. The number of nitriles is 1. The van der Waals surface area contributed by atoms with E-state index in [1.54, 1.807) is 35.9 Å². The third-order valence-corrected chi connectivity index (χ3v) is 5.76. The van der Waals surface area contributed by atoms with E-state index in [2.05, 4.69) is 26.6 Å². The third-order valence-electron chi connectivity index (χ3n) is 5.76. The largest absolute Gasteiger partial charge is 0.465 e. The Morgan fingerprint density at radius 3 is 2.55 bits per heavy atom. The first-order valence-electron chi connectivity index (χ1n) is 10.2. The van der Waals surface area contributed by atoms with Gasteiger partial charge in [0.2, 0.25) is 0 Å². The molecule has 1 aliphatic rings. The van der Waals surface area contributed by atoms with Crippen molar-refractivity contribution in [2.45, 2.75) is 31.7 Å². The van der Waals surface area contributed by atoms with Crippen molar-refractivity contribution in [2.75, 3.05) is 18.4 Å². The number of hydrogen-bond donors (Lipinski definition) is 3. The second kappa shape index (κ2) is 8.62. The zero-order valence-electron chi connectivity index (χ0n) is 17.9. The molecule has 12 nitrogen and oxygen atoms in total. The number of nitrogens with one attached hydrogen (secondary N) is 1. The Morgan fingerprint density at radius 2 is 2.00 bits per heavy atom. The first-order chi connectivity index (χ1) is 15.8. The SMILES string of the molecule is Cc1noc(-c2ccc(Nc3nn(C4(CC#N)CCN(C(=O)O)CC4)cc3C(N)=O)cc2)n1. The minimum atomic E-state index is -1.000. The summed E-state index contributed by atoms with van der Waals surface area (Å²) in [4.78, 5) is 28.9. The lowest BCUT2D eigenvalue weighted by Crippen LogP contribution is -2.47. The average molecular weight is 450 g/mol. The molecule has 170 valence electrons. The second-order valence-electron chi connectivity index (χ2n) is 7.88. The molecule has 0 bridgehead atoms. The lowest BCUT2D eigenvalue weighted by Gasteiger charge is -2.39. The number of rotatable bonds is 6. The number of aryl methyl sites for hydroxylation is 1. The van der Waals surface area contributed by atoms with Gasteiger partial charge in [-0.25, -0.2) is 4.79 Å². The first kappa shape index (κ1) is 21.8. The summed E-state index contributed by atoms with van der Waals surface area (Å²) in [5.41, 5.74) is 6.41. The van der Waals surface area contributed by atoms with E-state index in [0.29, 0.717) is 30.2 Å². The molecule has 0 radical (unpaired) electrons. The van der Waals surface area contributed by atoms with E-state index in [1.807, 2.05) is 0 Å². The van der Waals surface area contributed by atoms with Crippen molar-refractivity contribution < 1.29 is 19.2 Å². The van der Waals surface area contributed by atoms with Crippen LogP contribution in [-0.2, 0) is 5.54 Å². The van der Waals surface area contributed by atoms with Crippen LogP contribution < -0.4 is 11.1 Å². The number of aromatic nitrogens is 4. The minimum absolute atomic E-state index is 0.123. The Kier molecular flexibility index (Phi) is 5.70. The zero-order valence-corrected chi connectivity index (χ0v) is 17.9. The molecule has 2 aromatic heterocycles. The number of carbonyl (C=O) groups is 2. The number of piperidine rings is 1. The highest BCUT2D eigenvalue weighted by molar-refractivity contribution is 5.98. The van der Waals surface area contributed by atoms with Gasteiger partial charge >= 0.3 is 6.09 Å². The Bertz CT molecular complexity index is 1220. The van der Waals surface area contributed by atoms with Crippen molar-refractivity contribution in [3.63, 3.8) is 0 Å². The van der Waals surface area contributed by atoms with Crippen molar-refractivity contribution in [3.8, 4) is 17.5 Å². The Hall–Kier alpha value is -4.40. The molecule has 33 heavy (non-hydrogen) atoms. The molecular weight excluding hydrogens is 428 g/mol. The topological polar surface area (TPSA) is 176 Å². The number of anilines is 2. The molecule has 3 heterocycles. The predicted octanol–water partition coefficient (Wildman–Crippen LogP) is 2.47. The molecule has 1 fully saturated rings. The van der Waals surface area contributed by atoms with Gasteiger partial charge in [0.05, 0.1) is 18.0 Å². The number of likely N-dealkylation sites (tertiary alicyclic amines) is 1. The maximum atomic E-state index is 12.1. The average Bonchev–Trinajstić information content (AvgIpc) is 3.42. The Labute approximate surface area is 188 Å². The normalized spacial score (nSPS) is 15.1. The van der Waals surface area contributed by atoms with Crippen LogP contribution in [0.1, 0.15) is 35.4 Å². The van der Waals surface area contributed by atoms with E-state index in [9.17, 15) is 20.0 Å². The minimum Gasteiger partial charge on any atom is -0.465 e. The van der Waals surface area contributed by atoms with Crippen molar-refractivity contribution in [1.82, 2.24) is 24.8 Å². The lowest BCUT2D eigenvalue weighted by atomic mass is 9.85. The van der Waals surface area contributed by atoms with Crippen LogP contribution in [-0.4, -0.2) is 55.0 Å². The number of hydrogen-bond acceptors (Lipinski definition) is 8. The first-order valence-corrected chi connectivity index (χ1v) is 10.2. The molecule has 0 saturated carbocycles. The number of nitrogens with zero attached hydrogens (tertiary/aromatic N) is 6. The monoisotopic (exact) mass is 450 g/mol. The van der Waals surface area contributed by atoms with Crippen LogP contribution in [0.15, 0.2) is 35.0 Å². The molecule has 4 N–H and O–H groups in total. The van der Waals surface area contributed by atoms with Crippen LogP contribution in [0, 0.1) is 18.3 Å². The molecule has 12 heteroatoms. The van der Waals surface area contributed by atoms with E-state index in [0.717, 1.165) is 5.56 Å². The molecule has 2 amide bonds. The molecule has 3 aromatic rings. The smallest absolute Gasteiger partial charge is 0.407 e.